The molecule has 3 saturated heterocycles. The first-order valence-corrected chi connectivity index (χ1v) is 17.1. The SMILES string of the molecule is N#CC1=C(N)SC2C(F)=CC=C(c3ncc4c(N5CC6CCC(C5)N6)nc(OCC5(CN6CCCCC6)CC5)nc4c3CF)C12. The van der Waals surface area contributed by atoms with Crippen LogP contribution in [0.1, 0.15) is 56.2 Å². The summed E-state index contributed by atoms with van der Waals surface area (Å²) in [5.41, 5.74) is 8.22. The van der Waals surface area contributed by atoms with E-state index < -0.39 is 17.8 Å². The molecule has 8 rings (SSSR count). The zero-order chi connectivity index (χ0) is 30.7. The molecule has 4 aliphatic heterocycles. The molecule has 0 radical (unpaired) electrons. The molecule has 3 N–H and O–H groups in total. The fraction of sp³-hybridized carbons (Fsp3) is 0.576. The van der Waals surface area contributed by atoms with Crippen LogP contribution in [0.15, 0.2) is 34.8 Å². The number of alkyl halides is 1. The van der Waals surface area contributed by atoms with Crippen molar-refractivity contribution >= 4 is 34.1 Å². The molecule has 2 aromatic rings. The van der Waals surface area contributed by atoms with Crippen LogP contribution in [0.2, 0.25) is 0 Å². The Bertz CT molecular complexity index is 1650. The number of nitriles is 1. The Balaban J connectivity index is 1.19. The third-order valence-corrected chi connectivity index (χ3v) is 11.7. The number of piperazine rings is 1. The van der Waals surface area contributed by atoms with Gasteiger partial charge in [0.1, 0.15) is 18.3 Å². The van der Waals surface area contributed by atoms with Crippen molar-refractivity contribution in [2.24, 2.45) is 17.1 Å². The van der Waals surface area contributed by atoms with Crippen LogP contribution in [0.3, 0.4) is 0 Å². The van der Waals surface area contributed by atoms with E-state index in [1.807, 2.05) is 0 Å². The van der Waals surface area contributed by atoms with Crippen LogP contribution >= 0.6 is 11.8 Å². The van der Waals surface area contributed by atoms with Gasteiger partial charge in [-0.1, -0.05) is 24.3 Å². The van der Waals surface area contributed by atoms with Crippen molar-refractivity contribution in [1.82, 2.24) is 25.2 Å². The van der Waals surface area contributed by atoms with Gasteiger partial charge in [0, 0.05) is 54.8 Å². The summed E-state index contributed by atoms with van der Waals surface area (Å²) in [5.74, 6) is -0.301. The molecule has 0 aromatic carbocycles. The van der Waals surface area contributed by atoms with Crippen LogP contribution in [-0.4, -0.2) is 76.5 Å². The van der Waals surface area contributed by atoms with E-state index in [9.17, 15) is 9.65 Å². The van der Waals surface area contributed by atoms with Crippen LogP contribution in [0.25, 0.3) is 16.5 Å². The molecule has 45 heavy (non-hydrogen) atoms. The average Bonchev–Trinajstić information content (AvgIpc) is 3.61. The monoisotopic (exact) mass is 632 g/mol. The third-order valence-electron chi connectivity index (χ3n) is 10.5. The molecule has 4 fully saturated rings. The Labute approximate surface area is 266 Å². The van der Waals surface area contributed by atoms with Gasteiger partial charge in [0.15, 0.2) is 0 Å². The van der Waals surface area contributed by atoms with Gasteiger partial charge in [-0.2, -0.15) is 15.2 Å². The number of nitrogens with one attached hydrogen (secondary N) is 1. The normalized spacial score (nSPS) is 29.0. The number of pyridine rings is 1. The van der Waals surface area contributed by atoms with E-state index in [0.29, 0.717) is 62.8 Å². The number of nitrogens with two attached hydrogens (primary N) is 1. The number of hydrogen-bond acceptors (Lipinski definition) is 10. The van der Waals surface area contributed by atoms with Crippen LogP contribution in [-0.2, 0) is 6.67 Å². The second-order valence-electron chi connectivity index (χ2n) is 13.6. The molecule has 0 amide bonds. The summed E-state index contributed by atoms with van der Waals surface area (Å²) in [6.07, 6.45) is 12.9. The second kappa shape index (κ2) is 11.5. The lowest BCUT2D eigenvalue weighted by atomic mass is 9.82. The molecular weight excluding hydrogens is 594 g/mol. The predicted octanol–water partition coefficient (Wildman–Crippen LogP) is 4.76. The first-order chi connectivity index (χ1) is 21.9. The first kappa shape index (κ1) is 29.2. The minimum Gasteiger partial charge on any atom is -0.463 e. The summed E-state index contributed by atoms with van der Waals surface area (Å²) in [6, 6.07) is 3.16. The third kappa shape index (κ3) is 5.26. The second-order valence-corrected chi connectivity index (χ2v) is 14.7. The maximum atomic E-state index is 15.2. The molecule has 9 nitrogen and oxygen atoms in total. The van der Waals surface area contributed by atoms with Gasteiger partial charge in [-0.15, -0.1) is 0 Å². The highest BCUT2D eigenvalue weighted by atomic mass is 32.2. The Morgan fingerprint density at radius 3 is 2.62 bits per heavy atom. The van der Waals surface area contributed by atoms with E-state index in [-0.39, 0.29) is 17.3 Å². The van der Waals surface area contributed by atoms with Crippen LogP contribution in [0.5, 0.6) is 6.01 Å². The van der Waals surface area contributed by atoms with E-state index >= 15 is 4.39 Å². The first-order valence-electron chi connectivity index (χ1n) is 16.2. The molecule has 6 aliphatic rings. The number of nitrogens with zero attached hydrogens (tertiary/aromatic N) is 6. The van der Waals surface area contributed by atoms with E-state index in [2.05, 4.69) is 21.2 Å². The fourth-order valence-corrected chi connectivity index (χ4v) is 9.10. The highest BCUT2D eigenvalue weighted by Crippen LogP contribution is 2.52. The van der Waals surface area contributed by atoms with Gasteiger partial charge in [0.25, 0.3) is 0 Å². The van der Waals surface area contributed by atoms with Crippen molar-refractivity contribution in [3.63, 3.8) is 0 Å². The smallest absolute Gasteiger partial charge is 0.318 e. The number of piperidine rings is 1. The minimum atomic E-state index is -0.837. The number of aromatic nitrogens is 3. The quantitative estimate of drug-likeness (QED) is 0.422. The molecule has 2 aromatic heterocycles. The fourth-order valence-electron chi connectivity index (χ4n) is 7.92. The van der Waals surface area contributed by atoms with Crippen LogP contribution < -0.4 is 20.7 Å². The lowest BCUT2D eigenvalue weighted by Gasteiger charge is -2.34. The van der Waals surface area contributed by atoms with Crippen molar-refractivity contribution in [3.8, 4) is 12.1 Å². The number of halogens is 2. The molecule has 12 heteroatoms. The summed E-state index contributed by atoms with van der Waals surface area (Å²) in [7, 11) is 0. The summed E-state index contributed by atoms with van der Waals surface area (Å²) in [4.78, 5) is 19.4. The Kier molecular flexibility index (Phi) is 7.46. The number of ether oxygens (including phenoxy) is 1. The van der Waals surface area contributed by atoms with Gasteiger partial charge in [-0.05, 0) is 63.3 Å². The number of rotatable bonds is 8. The number of likely N-dealkylation sites (tertiary alicyclic amines) is 1. The highest BCUT2D eigenvalue weighted by Gasteiger charge is 2.46. The molecule has 2 bridgehead atoms. The molecule has 6 heterocycles. The van der Waals surface area contributed by atoms with Gasteiger partial charge in [0.2, 0.25) is 0 Å². The van der Waals surface area contributed by atoms with Crippen molar-refractivity contribution in [3.05, 3.63) is 46.0 Å². The summed E-state index contributed by atoms with van der Waals surface area (Å²) >= 11 is 1.13. The topological polar surface area (TPSA) is 116 Å². The van der Waals surface area contributed by atoms with Crippen molar-refractivity contribution in [2.75, 3.05) is 44.2 Å². The number of fused-ring (bicyclic) bond motifs is 4. The maximum Gasteiger partial charge on any atom is 0.318 e. The number of allylic oxidation sites excluding steroid dienone is 4. The predicted molar refractivity (Wildman–Crippen MR) is 171 cm³/mol. The average molecular weight is 633 g/mol. The van der Waals surface area contributed by atoms with Gasteiger partial charge in [0.05, 0.1) is 45.1 Å². The summed E-state index contributed by atoms with van der Waals surface area (Å²) in [5, 5.41) is 13.9. The molecule has 4 unspecified atom stereocenters. The minimum absolute atomic E-state index is 0.106. The van der Waals surface area contributed by atoms with E-state index in [4.69, 9.17) is 25.4 Å². The van der Waals surface area contributed by atoms with Crippen LogP contribution in [0, 0.1) is 22.7 Å². The van der Waals surface area contributed by atoms with E-state index in [1.165, 1.54) is 25.3 Å². The summed E-state index contributed by atoms with van der Waals surface area (Å²) in [6.45, 7) is 4.58. The molecule has 2 aliphatic carbocycles. The summed E-state index contributed by atoms with van der Waals surface area (Å²) < 4.78 is 36.6. The van der Waals surface area contributed by atoms with Gasteiger partial charge in [-0.3, -0.25) is 4.98 Å². The van der Waals surface area contributed by atoms with Crippen molar-refractivity contribution in [1.29, 1.82) is 5.26 Å². The van der Waals surface area contributed by atoms with Crippen molar-refractivity contribution in [2.45, 2.75) is 69.0 Å². The largest absolute Gasteiger partial charge is 0.463 e. The lowest BCUT2D eigenvalue weighted by molar-refractivity contribution is 0.139. The standard InChI is InChI=1S/C33H38F2N8OS/c34-12-22-27(21-6-7-25(35)29-26(21)23(13-36)30(37)45-29)38-14-24-28(22)40-32(41-31(24)43-15-19-4-5-20(16-43)39-19)44-18-33(8-9-33)17-42-10-2-1-3-11-42/h6-7,14,19-20,26,29,39H,1-5,8-12,15-18,37H2. The molecule has 1 saturated carbocycles. The van der Waals surface area contributed by atoms with E-state index in [1.54, 1.807) is 12.3 Å². The Morgan fingerprint density at radius 2 is 1.91 bits per heavy atom. The number of anilines is 1. The number of hydrogen-bond donors (Lipinski definition) is 2. The van der Waals surface area contributed by atoms with Crippen LogP contribution in [0.4, 0.5) is 14.6 Å². The molecule has 236 valence electrons. The van der Waals surface area contributed by atoms with Gasteiger partial charge < -0.3 is 25.6 Å². The maximum absolute atomic E-state index is 15.2. The van der Waals surface area contributed by atoms with Gasteiger partial charge in [-0.25, -0.2) is 8.78 Å². The lowest BCUT2D eigenvalue weighted by Crippen LogP contribution is -2.51. The zero-order valence-electron chi connectivity index (χ0n) is 25.3. The van der Waals surface area contributed by atoms with Gasteiger partial charge >= 0.3 is 6.01 Å². The van der Waals surface area contributed by atoms with E-state index in [0.717, 1.165) is 70.2 Å². The zero-order valence-corrected chi connectivity index (χ0v) is 26.1. The Hall–Kier alpha value is -3.27. The van der Waals surface area contributed by atoms with Crippen molar-refractivity contribution < 1.29 is 13.5 Å². The molecule has 0 spiro atoms. The highest BCUT2D eigenvalue weighted by molar-refractivity contribution is 8.04. The molecular formula is C33H38F2N8OS. The molecule has 4 atom stereocenters. The Morgan fingerprint density at radius 1 is 1.13 bits per heavy atom. The number of thioether (sulfide) groups is 1.